The van der Waals surface area contributed by atoms with E-state index in [-0.39, 0.29) is 0 Å². The van der Waals surface area contributed by atoms with E-state index in [1.807, 2.05) is 6.92 Å². The zero-order valence-corrected chi connectivity index (χ0v) is 15.8. The third-order valence-corrected chi connectivity index (χ3v) is 14.8. The average molecular weight is 314 g/mol. The van der Waals surface area contributed by atoms with Gasteiger partial charge in [0.05, 0.1) is 6.61 Å². The summed E-state index contributed by atoms with van der Waals surface area (Å²) in [5.74, 6) is 2.86. The second-order valence-electron chi connectivity index (χ2n) is 6.57. The highest BCUT2D eigenvalue weighted by Gasteiger charge is 2.50. The summed E-state index contributed by atoms with van der Waals surface area (Å²) in [5, 5.41) is 0.726. The fraction of sp³-hybridized carbons (Fsp3) is 0.786. The van der Waals surface area contributed by atoms with Gasteiger partial charge in [0.1, 0.15) is 16.5 Å². The largest absolute Gasteiger partial charge is 0.487 e. The minimum Gasteiger partial charge on any atom is -0.487 e. The van der Waals surface area contributed by atoms with Gasteiger partial charge in [-0.2, -0.15) is 0 Å². The highest BCUT2D eigenvalue weighted by molar-refractivity contribution is 7.80. The van der Waals surface area contributed by atoms with Crippen LogP contribution in [0.5, 0.6) is 0 Å². The lowest BCUT2D eigenvalue weighted by molar-refractivity contribution is 0.314. The third-order valence-electron chi connectivity index (χ3n) is 4.08. The van der Waals surface area contributed by atoms with Crippen molar-refractivity contribution in [3.05, 3.63) is 0 Å². The normalized spacial score (nSPS) is 22.7. The lowest BCUT2D eigenvalue weighted by Gasteiger charge is -2.44. The van der Waals surface area contributed by atoms with E-state index < -0.39 is 16.5 Å². The van der Waals surface area contributed by atoms with Crippen molar-refractivity contribution in [2.24, 2.45) is 0 Å². The second-order valence-corrected chi connectivity index (χ2v) is 16.7. The first-order valence-electron chi connectivity index (χ1n) is 7.13. The Morgan fingerprint density at radius 1 is 1.32 bits per heavy atom. The van der Waals surface area contributed by atoms with Crippen molar-refractivity contribution in [3.63, 3.8) is 0 Å². The molecule has 108 valence electrons. The molecule has 1 saturated heterocycles. The average Bonchev–Trinajstić information content (AvgIpc) is 2.48. The van der Waals surface area contributed by atoms with E-state index in [1.165, 1.54) is 12.1 Å². The molecule has 0 aromatic rings. The molecule has 1 aliphatic heterocycles. The standard InChI is InChI=1S/C14H27NOSSi2/c1-7-9-13(12-14(17)16-8-2)15-18(3,4)10-11-19(15,5)6/h1,13H,8-12H2,2-6H3. The number of ether oxygens (including phenoxy) is 1. The minimum absolute atomic E-state index is 0.398. The summed E-state index contributed by atoms with van der Waals surface area (Å²) >= 11 is 5.34. The molecule has 0 bridgehead atoms. The molecule has 19 heavy (non-hydrogen) atoms. The van der Waals surface area contributed by atoms with Gasteiger partial charge in [-0.3, -0.25) is 0 Å². The fourth-order valence-electron chi connectivity index (χ4n) is 3.46. The van der Waals surface area contributed by atoms with Crippen LogP contribution >= 0.6 is 12.2 Å². The van der Waals surface area contributed by atoms with Gasteiger partial charge in [0, 0.05) is 18.9 Å². The molecule has 1 atom stereocenters. The molecule has 0 amide bonds. The van der Waals surface area contributed by atoms with E-state index in [0.717, 1.165) is 17.9 Å². The van der Waals surface area contributed by atoms with Crippen LogP contribution in [0.1, 0.15) is 19.8 Å². The van der Waals surface area contributed by atoms with Crippen LogP contribution in [0.15, 0.2) is 0 Å². The first-order chi connectivity index (χ1) is 8.74. The zero-order valence-electron chi connectivity index (χ0n) is 13.0. The van der Waals surface area contributed by atoms with Crippen LogP contribution < -0.4 is 0 Å². The minimum atomic E-state index is -1.31. The van der Waals surface area contributed by atoms with Crippen molar-refractivity contribution >= 4 is 33.7 Å². The van der Waals surface area contributed by atoms with E-state index in [9.17, 15) is 0 Å². The molecule has 1 aliphatic rings. The molecule has 0 spiro atoms. The van der Waals surface area contributed by atoms with E-state index >= 15 is 0 Å². The van der Waals surface area contributed by atoms with Gasteiger partial charge in [0.15, 0.2) is 5.05 Å². The fourth-order valence-corrected chi connectivity index (χ4v) is 18.7. The highest BCUT2D eigenvalue weighted by Crippen LogP contribution is 2.40. The quantitative estimate of drug-likeness (QED) is 0.434. The van der Waals surface area contributed by atoms with Crippen molar-refractivity contribution in [1.82, 2.24) is 4.23 Å². The second kappa shape index (κ2) is 6.53. The molecule has 0 N–H and O–H groups in total. The van der Waals surface area contributed by atoms with Crippen LogP contribution in [0.2, 0.25) is 38.3 Å². The number of nitrogens with zero attached hydrogens (tertiary/aromatic N) is 1. The lowest BCUT2D eigenvalue weighted by atomic mass is 10.2. The van der Waals surface area contributed by atoms with Crippen LogP contribution in [0.25, 0.3) is 0 Å². The molecule has 0 aromatic heterocycles. The van der Waals surface area contributed by atoms with Crippen LogP contribution in [0.4, 0.5) is 0 Å². The van der Waals surface area contributed by atoms with Gasteiger partial charge in [0.2, 0.25) is 0 Å². The van der Waals surface area contributed by atoms with Crippen LogP contribution in [0.3, 0.4) is 0 Å². The van der Waals surface area contributed by atoms with Crippen molar-refractivity contribution in [2.45, 2.75) is 64.1 Å². The summed E-state index contributed by atoms with van der Waals surface area (Å²) in [7, 11) is -2.62. The maximum atomic E-state index is 5.59. The van der Waals surface area contributed by atoms with Gasteiger partial charge in [0.25, 0.3) is 0 Å². The topological polar surface area (TPSA) is 12.5 Å². The lowest BCUT2D eigenvalue weighted by Crippen LogP contribution is -2.60. The molecule has 5 heteroatoms. The molecule has 1 heterocycles. The predicted octanol–water partition coefficient (Wildman–Crippen LogP) is 3.86. The Morgan fingerprint density at radius 3 is 2.26 bits per heavy atom. The van der Waals surface area contributed by atoms with Gasteiger partial charge in [-0.05, 0) is 31.2 Å². The SMILES string of the molecule is C#CCC(CC(=S)OCC)N1[Si](C)(C)CC[Si]1(C)C. The molecule has 1 unspecified atom stereocenters. The smallest absolute Gasteiger partial charge is 0.161 e. The van der Waals surface area contributed by atoms with Crippen LogP contribution in [0, 0.1) is 12.3 Å². The van der Waals surface area contributed by atoms with Crippen molar-refractivity contribution < 1.29 is 4.74 Å². The molecule has 1 fully saturated rings. The van der Waals surface area contributed by atoms with Crippen molar-refractivity contribution in [3.8, 4) is 12.3 Å². The first kappa shape index (κ1) is 16.9. The summed E-state index contributed by atoms with van der Waals surface area (Å²) in [6.07, 6.45) is 7.21. The summed E-state index contributed by atoms with van der Waals surface area (Å²) in [4.78, 5) is 0. The molecule has 2 nitrogen and oxygen atoms in total. The molecular formula is C14H27NOSSi2. The Bertz CT molecular complexity index is 360. The molecule has 0 saturated carbocycles. The first-order valence-corrected chi connectivity index (χ1v) is 13.8. The maximum absolute atomic E-state index is 5.59. The maximum Gasteiger partial charge on any atom is 0.161 e. The summed E-state index contributed by atoms with van der Waals surface area (Å²) in [5.41, 5.74) is 0. The molecule has 0 aliphatic carbocycles. The van der Waals surface area contributed by atoms with Gasteiger partial charge >= 0.3 is 0 Å². The Hall–Kier alpha value is -0.156. The van der Waals surface area contributed by atoms with Crippen molar-refractivity contribution in [1.29, 1.82) is 0 Å². The van der Waals surface area contributed by atoms with Gasteiger partial charge in [-0.1, -0.05) is 26.2 Å². The number of rotatable bonds is 5. The molecule has 1 rings (SSSR count). The molecule has 0 radical (unpaired) electrons. The number of hydrogen-bond acceptors (Lipinski definition) is 3. The summed E-state index contributed by atoms with van der Waals surface area (Å²) in [6.45, 7) is 12.5. The van der Waals surface area contributed by atoms with E-state index in [4.69, 9.17) is 23.4 Å². The van der Waals surface area contributed by atoms with E-state index in [0.29, 0.717) is 12.6 Å². The predicted molar refractivity (Wildman–Crippen MR) is 92.5 cm³/mol. The summed E-state index contributed by atoms with van der Waals surface area (Å²) < 4.78 is 8.32. The number of thiocarbonyl (C=S) groups is 1. The van der Waals surface area contributed by atoms with Gasteiger partial charge in [-0.15, -0.1) is 12.3 Å². The number of hydrogen-bond donors (Lipinski definition) is 0. The Kier molecular flexibility index (Phi) is 5.81. The molecule has 0 aromatic carbocycles. The van der Waals surface area contributed by atoms with E-state index in [1.54, 1.807) is 0 Å². The zero-order chi connectivity index (χ0) is 14.7. The Morgan fingerprint density at radius 2 is 1.84 bits per heavy atom. The Balaban J connectivity index is 2.91. The monoisotopic (exact) mass is 313 g/mol. The van der Waals surface area contributed by atoms with Gasteiger partial charge in [-0.25, -0.2) is 0 Å². The third kappa shape index (κ3) is 4.15. The van der Waals surface area contributed by atoms with Crippen molar-refractivity contribution in [2.75, 3.05) is 6.61 Å². The van der Waals surface area contributed by atoms with E-state index in [2.05, 4.69) is 36.3 Å². The van der Waals surface area contributed by atoms with Crippen LogP contribution in [-0.4, -0.2) is 38.4 Å². The summed E-state index contributed by atoms with van der Waals surface area (Å²) in [6, 6.07) is 3.19. The molecular weight excluding hydrogens is 286 g/mol. The van der Waals surface area contributed by atoms with Crippen LogP contribution in [-0.2, 0) is 4.74 Å². The number of terminal acetylenes is 1. The highest BCUT2D eigenvalue weighted by atomic mass is 32.1. The van der Waals surface area contributed by atoms with Gasteiger partial charge < -0.3 is 8.97 Å². The Labute approximate surface area is 126 Å².